The minimum atomic E-state index is -4.58. The smallest absolute Gasteiger partial charge is 0.375 e. The third kappa shape index (κ3) is 5.07. The second-order valence-electron chi connectivity index (χ2n) is 6.64. The van der Waals surface area contributed by atoms with Gasteiger partial charge in [-0.15, -0.1) is 0 Å². The lowest BCUT2D eigenvalue weighted by molar-refractivity contribution is -0.137. The van der Waals surface area contributed by atoms with Crippen LogP contribution in [-0.2, 0) is 20.9 Å². The standard InChI is InChI=1S/C19H19F3N2O4S/c1-13-12-24(9-10-28-13)18(25)14-5-7-17(8-6-14)29(26,27)23-16-4-2-3-15(11-16)19(20,21)22/h2-8,11,13,23H,9-10,12H2,1H3/t13-/m1/s1. The summed E-state index contributed by atoms with van der Waals surface area (Å²) in [6.45, 7) is 3.17. The van der Waals surface area contributed by atoms with Crippen molar-refractivity contribution in [1.29, 1.82) is 0 Å². The fourth-order valence-corrected chi connectivity index (χ4v) is 3.98. The molecule has 0 spiro atoms. The maximum Gasteiger partial charge on any atom is 0.416 e. The fraction of sp³-hybridized carbons (Fsp3) is 0.316. The van der Waals surface area contributed by atoms with Gasteiger partial charge in [-0.2, -0.15) is 13.2 Å². The largest absolute Gasteiger partial charge is 0.416 e. The van der Waals surface area contributed by atoms with Gasteiger partial charge in [-0.3, -0.25) is 9.52 Å². The van der Waals surface area contributed by atoms with Gasteiger partial charge in [0, 0.05) is 24.3 Å². The van der Waals surface area contributed by atoms with Crippen molar-refractivity contribution in [1.82, 2.24) is 4.90 Å². The molecule has 2 aromatic carbocycles. The molecule has 0 aliphatic carbocycles. The van der Waals surface area contributed by atoms with Crippen molar-refractivity contribution in [3.05, 3.63) is 59.7 Å². The van der Waals surface area contributed by atoms with Crippen LogP contribution in [0.4, 0.5) is 18.9 Å². The van der Waals surface area contributed by atoms with Crippen LogP contribution < -0.4 is 4.72 Å². The molecule has 1 heterocycles. The average molecular weight is 428 g/mol. The summed E-state index contributed by atoms with van der Waals surface area (Å²) in [4.78, 5) is 14.0. The average Bonchev–Trinajstić information content (AvgIpc) is 2.67. The van der Waals surface area contributed by atoms with Gasteiger partial charge in [0.25, 0.3) is 15.9 Å². The Labute approximate surface area is 166 Å². The SMILES string of the molecule is C[C@@H]1CN(C(=O)c2ccc(S(=O)(=O)Nc3cccc(C(F)(F)F)c3)cc2)CCO1. The predicted octanol–water partition coefficient (Wildman–Crippen LogP) is 3.37. The molecule has 1 atom stereocenters. The first kappa shape index (κ1) is 21.1. The lowest BCUT2D eigenvalue weighted by Gasteiger charge is -2.31. The van der Waals surface area contributed by atoms with Gasteiger partial charge in [-0.05, 0) is 49.4 Å². The Morgan fingerprint density at radius 2 is 1.86 bits per heavy atom. The van der Waals surface area contributed by atoms with E-state index in [1.165, 1.54) is 30.3 Å². The van der Waals surface area contributed by atoms with E-state index in [0.29, 0.717) is 25.3 Å². The van der Waals surface area contributed by atoms with Gasteiger partial charge in [0.05, 0.1) is 23.2 Å². The molecule has 6 nitrogen and oxygen atoms in total. The first-order valence-electron chi connectivity index (χ1n) is 8.77. The zero-order chi connectivity index (χ0) is 21.2. The number of benzene rings is 2. The van der Waals surface area contributed by atoms with E-state index in [4.69, 9.17) is 4.74 Å². The highest BCUT2D eigenvalue weighted by Gasteiger charge is 2.31. The van der Waals surface area contributed by atoms with Crippen LogP contribution in [0.3, 0.4) is 0 Å². The van der Waals surface area contributed by atoms with Gasteiger partial charge in [-0.1, -0.05) is 6.07 Å². The lowest BCUT2D eigenvalue weighted by atomic mass is 10.2. The molecule has 156 valence electrons. The molecule has 2 aromatic rings. The van der Waals surface area contributed by atoms with E-state index in [2.05, 4.69) is 4.72 Å². The summed E-state index contributed by atoms with van der Waals surface area (Å²) in [5.41, 5.74) is -0.849. The van der Waals surface area contributed by atoms with Gasteiger partial charge < -0.3 is 9.64 Å². The number of nitrogens with one attached hydrogen (secondary N) is 1. The summed E-state index contributed by atoms with van der Waals surface area (Å²) in [6, 6.07) is 9.15. The lowest BCUT2D eigenvalue weighted by Crippen LogP contribution is -2.44. The summed E-state index contributed by atoms with van der Waals surface area (Å²) in [6.07, 6.45) is -4.66. The molecule has 1 aliphatic rings. The molecule has 1 fully saturated rings. The molecule has 1 aliphatic heterocycles. The van der Waals surface area contributed by atoms with E-state index in [0.717, 1.165) is 18.2 Å². The van der Waals surface area contributed by atoms with Crippen molar-refractivity contribution < 1.29 is 31.1 Å². The van der Waals surface area contributed by atoms with Crippen LogP contribution in [0, 0.1) is 0 Å². The number of amides is 1. The van der Waals surface area contributed by atoms with Crippen molar-refractivity contribution in [3.63, 3.8) is 0 Å². The predicted molar refractivity (Wildman–Crippen MR) is 100 cm³/mol. The third-order valence-corrected chi connectivity index (χ3v) is 5.78. The van der Waals surface area contributed by atoms with Crippen LogP contribution in [0.2, 0.25) is 0 Å². The van der Waals surface area contributed by atoms with Crippen LogP contribution in [0.25, 0.3) is 0 Å². The summed E-state index contributed by atoms with van der Waals surface area (Å²) in [7, 11) is -4.11. The van der Waals surface area contributed by atoms with E-state index in [-0.39, 0.29) is 22.6 Å². The van der Waals surface area contributed by atoms with Crippen molar-refractivity contribution in [2.24, 2.45) is 0 Å². The Hall–Kier alpha value is -2.59. The molecule has 1 N–H and O–H groups in total. The summed E-state index contributed by atoms with van der Waals surface area (Å²) < 4.78 is 70.9. The highest BCUT2D eigenvalue weighted by atomic mass is 32.2. The molecule has 0 unspecified atom stereocenters. The zero-order valence-electron chi connectivity index (χ0n) is 15.4. The number of hydrogen-bond donors (Lipinski definition) is 1. The highest BCUT2D eigenvalue weighted by Crippen LogP contribution is 2.31. The monoisotopic (exact) mass is 428 g/mol. The van der Waals surface area contributed by atoms with Gasteiger partial charge in [-0.25, -0.2) is 8.42 Å². The number of rotatable bonds is 4. The van der Waals surface area contributed by atoms with Crippen LogP contribution in [0.5, 0.6) is 0 Å². The topological polar surface area (TPSA) is 75.7 Å². The second kappa shape index (κ2) is 8.03. The van der Waals surface area contributed by atoms with Crippen LogP contribution in [0.1, 0.15) is 22.8 Å². The number of carbonyl (C=O) groups is 1. The summed E-state index contributed by atoms with van der Waals surface area (Å²) >= 11 is 0. The first-order valence-corrected chi connectivity index (χ1v) is 10.3. The Bertz CT molecular complexity index is 991. The molecule has 0 aromatic heterocycles. The molecule has 29 heavy (non-hydrogen) atoms. The van der Waals surface area contributed by atoms with E-state index >= 15 is 0 Å². The molecule has 1 amide bonds. The van der Waals surface area contributed by atoms with Crippen molar-refractivity contribution in [3.8, 4) is 0 Å². The van der Waals surface area contributed by atoms with Gasteiger partial charge in [0.15, 0.2) is 0 Å². The number of morpholine rings is 1. The van der Waals surface area contributed by atoms with E-state index < -0.39 is 21.8 Å². The summed E-state index contributed by atoms with van der Waals surface area (Å²) in [5, 5.41) is 0. The van der Waals surface area contributed by atoms with Gasteiger partial charge in [0.2, 0.25) is 0 Å². The van der Waals surface area contributed by atoms with E-state index in [9.17, 15) is 26.4 Å². The molecule has 3 rings (SSSR count). The minimum absolute atomic E-state index is 0.0796. The summed E-state index contributed by atoms with van der Waals surface area (Å²) in [5.74, 6) is -0.241. The molecular formula is C19H19F3N2O4S. The van der Waals surface area contributed by atoms with Gasteiger partial charge >= 0.3 is 6.18 Å². The minimum Gasteiger partial charge on any atom is -0.375 e. The number of ether oxygens (including phenoxy) is 1. The number of halogens is 3. The van der Waals surface area contributed by atoms with Crippen LogP contribution in [-0.4, -0.2) is 45.0 Å². The molecule has 1 saturated heterocycles. The normalized spacial score (nSPS) is 17.8. The van der Waals surface area contributed by atoms with Crippen molar-refractivity contribution in [2.75, 3.05) is 24.4 Å². The fourth-order valence-electron chi connectivity index (χ4n) is 2.94. The molecular weight excluding hydrogens is 409 g/mol. The number of carbonyl (C=O) groups excluding carboxylic acids is 1. The van der Waals surface area contributed by atoms with E-state index in [1.54, 1.807) is 4.90 Å². The Kier molecular flexibility index (Phi) is 5.85. The van der Waals surface area contributed by atoms with Crippen LogP contribution in [0.15, 0.2) is 53.4 Å². The number of alkyl halides is 3. The maximum atomic E-state index is 12.8. The Morgan fingerprint density at radius 3 is 2.48 bits per heavy atom. The first-order chi connectivity index (χ1) is 13.6. The molecule has 0 radical (unpaired) electrons. The zero-order valence-corrected chi connectivity index (χ0v) is 16.3. The quantitative estimate of drug-likeness (QED) is 0.810. The Morgan fingerprint density at radius 1 is 1.17 bits per heavy atom. The number of nitrogens with zero attached hydrogens (tertiary/aromatic N) is 1. The molecule has 0 saturated carbocycles. The highest BCUT2D eigenvalue weighted by molar-refractivity contribution is 7.92. The second-order valence-corrected chi connectivity index (χ2v) is 8.32. The van der Waals surface area contributed by atoms with Crippen molar-refractivity contribution in [2.45, 2.75) is 24.1 Å². The number of sulfonamides is 1. The third-order valence-electron chi connectivity index (χ3n) is 4.38. The van der Waals surface area contributed by atoms with Gasteiger partial charge in [0.1, 0.15) is 0 Å². The maximum absolute atomic E-state index is 12.8. The molecule has 0 bridgehead atoms. The number of hydrogen-bond acceptors (Lipinski definition) is 4. The van der Waals surface area contributed by atoms with Crippen molar-refractivity contribution >= 4 is 21.6 Å². The molecule has 10 heteroatoms. The number of anilines is 1. The van der Waals surface area contributed by atoms with E-state index in [1.807, 2.05) is 6.92 Å². The Balaban J connectivity index is 1.76. The van der Waals surface area contributed by atoms with Crippen LogP contribution >= 0.6 is 0 Å².